The molecular weight excluding hydrogens is 376 g/mol. The number of rotatable bonds is 0. The zero-order chi connectivity index (χ0) is 18.4. The second-order valence-corrected chi connectivity index (χ2v) is 11.2. The number of carbonyl (C=O) groups is 2. The zero-order valence-corrected chi connectivity index (χ0v) is 15.0. The quantitative estimate of drug-likeness (QED) is 0.575. The van der Waals surface area contributed by atoms with Crippen LogP contribution in [0.4, 0.5) is 0 Å². The average Bonchev–Trinajstić information content (AvgIpc) is 3.01. The summed E-state index contributed by atoms with van der Waals surface area (Å²) in [5, 5.41) is 0. The van der Waals surface area contributed by atoms with Gasteiger partial charge in [0.1, 0.15) is 0 Å². The highest BCUT2D eigenvalue weighted by atomic mass is 32.2. The van der Waals surface area contributed by atoms with Gasteiger partial charge in [-0.25, -0.2) is 16.8 Å². The fourth-order valence-corrected chi connectivity index (χ4v) is 7.18. The van der Waals surface area contributed by atoms with Gasteiger partial charge in [-0.15, -0.1) is 0 Å². The Labute approximate surface area is 149 Å². The van der Waals surface area contributed by atoms with Crippen LogP contribution in [-0.4, -0.2) is 28.4 Å². The third-order valence-corrected chi connectivity index (χ3v) is 8.16. The largest absolute Gasteiger partial charge is 0.289 e. The molecule has 0 aromatic heterocycles. The van der Waals surface area contributed by atoms with E-state index in [-0.39, 0.29) is 56.8 Å². The third-order valence-electron chi connectivity index (χ3n) is 5.16. The summed E-state index contributed by atoms with van der Waals surface area (Å²) in [6.45, 7) is 0. The van der Waals surface area contributed by atoms with Gasteiger partial charge in [0.05, 0.1) is 23.0 Å². The van der Waals surface area contributed by atoms with E-state index < -0.39 is 19.7 Å². The molecule has 1 aliphatic carbocycles. The Hall–Kier alpha value is -2.32. The van der Waals surface area contributed by atoms with Crippen LogP contribution in [0.5, 0.6) is 0 Å². The van der Waals surface area contributed by atoms with Crippen molar-refractivity contribution in [2.75, 3.05) is 0 Å². The van der Waals surface area contributed by atoms with Gasteiger partial charge < -0.3 is 0 Å². The molecule has 26 heavy (non-hydrogen) atoms. The van der Waals surface area contributed by atoms with Gasteiger partial charge in [-0.2, -0.15) is 0 Å². The van der Waals surface area contributed by atoms with Crippen molar-refractivity contribution in [3.8, 4) is 0 Å². The number of hydrogen-bond donors (Lipinski definition) is 0. The smallest absolute Gasteiger partial charge is 0.194 e. The van der Waals surface area contributed by atoms with Crippen LogP contribution in [0.2, 0.25) is 0 Å². The highest BCUT2D eigenvalue weighted by Gasteiger charge is 2.36. The van der Waals surface area contributed by atoms with E-state index in [4.69, 9.17) is 0 Å². The molecule has 0 bridgehead atoms. The Morgan fingerprint density at radius 2 is 0.731 bits per heavy atom. The Balaban J connectivity index is 1.72. The monoisotopic (exact) mass is 388 g/mol. The van der Waals surface area contributed by atoms with E-state index in [0.29, 0.717) is 22.3 Å². The molecule has 2 aliphatic heterocycles. The summed E-state index contributed by atoms with van der Waals surface area (Å²) in [5.41, 5.74) is 2.99. The lowest BCUT2D eigenvalue weighted by atomic mass is 9.81. The van der Waals surface area contributed by atoms with Crippen molar-refractivity contribution >= 4 is 31.2 Å². The first kappa shape index (κ1) is 15.9. The van der Waals surface area contributed by atoms with Crippen molar-refractivity contribution < 1.29 is 26.4 Å². The molecule has 0 saturated heterocycles. The molecule has 0 unspecified atom stereocenters. The molecule has 2 aromatic carbocycles. The fourth-order valence-electron chi connectivity index (χ4n) is 4.01. The number of ketones is 2. The Morgan fingerprint density at radius 1 is 0.500 bits per heavy atom. The van der Waals surface area contributed by atoms with Crippen molar-refractivity contribution in [3.05, 3.63) is 68.8 Å². The van der Waals surface area contributed by atoms with Crippen molar-refractivity contribution in [3.63, 3.8) is 0 Å². The Kier molecular flexibility index (Phi) is 2.87. The van der Waals surface area contributed by atoms with Gasteiger partial charge in [-0.05, 0) is 46.5 Å². The summed E-state index contributed by atoms with van der Waals surface area (Å²) < 4.78 is 47.4. The number of fused-ring (bicyclic) bond motifs is 4. The van der Waals surface area contributed by atoms with E-state index in [9.17, 15) is 26.4 Å². The minimum absolute atomic E-state index is 0.133. The molecular formula is C18H12O6S2. The van der Waals surface area contributed by atoms with E-state index in [1.165, 1.54) is 24.3 Å². The van der Waals surface area contributed by atoms with Crippen LogP contribution in [-0.2, 0) is 42.7 Å². The first-order valence-corrected chi connectivity index (χ1v) is 11.6. The first-order valence-electron chi connectivity index (χ1n) is 7.95. The van der Waals surface area contributed by atoms with Gasteiger partial charge in [0.15, 0.2) is 31.2 Å². The minimum Gasteiger partial charge on any atom is -0.289 e. The standard InChI is InChI=1S/C18H12O6S2/c19-17-13-1-9-5-25(21,22)6-10(9)2-14(13)18(20)16-4-12-8-26(23,24)7-11(12)3-15(16)17/h1-4H,5-8H2. The summed E-state index contributed by atoms with van der Waals surface area (Å²) in [6, 6.07) is 6.01. The Bertz CT molecular complexity index is 1100. The number of sulfone groups is 2. The second kappa shape index (κ2) is 4.69. The van der Waals surface area contributed by atoms with E-state index in [0.717, 1.165) is 0 Å². The maximum atomic E-state index is 12.9. The van der Waals surface area contributed by atoms with E-state index in [1.807, 2.05) is 0 Å². The molecule has 0 amide bonds. The van der Waals surface area contributed by atoms with Gasteiger partial charge in [0, 0.05) is 22.3 Å². The molecule has 2 heterocycles. The molecule has 132 valence electrons. The molecule has 0 saturated carbocycles. The molecule has 6 nitrogen and oxygen atoms in total. The van der Waals surface area contributed by atoms with Gasteiger partial charge >= 0.3 is 0 Å². The van der Waals surface area contributed by atoms with Crippen LogP contribution < -0.4 is 0 Å². The lowest BCUT2D eigenvalue weighted by molar-refractivity contribution is 0.0979. The first-order chi connectivity index (χ1) is 12.1. The van der Waals surface area contributed by atoms with Gasteiger partial charge in [-0.3, -0.25) is 9.59 Å². The number of carbonyl (C=O) groups excluding carboxylic acids is 2. The highest BCUT2D eigenvalue weighted by molar-refractivity contribution is 7.90. The number of benzene rings is 2. The lowest BCUT2D eigenvalue weighted by Crippen LogP contribution is -2.22. The molecule has 2 aromatic rings. The Morgan fingerprint density at radius 3 is 0.962 bits per heavy atom. The SMILES string of the molecule is O=C1c2cc3c(cc2C(=O)c2cc4c(cc21)CS(=O)(=O)C4)CS(=O)(=O)C3. The van der Waals surface area contributed by atoms with E-state index >= 15 is 0 Å². The van der Waals surface area contributed by atoms with Gasteiger partial charge in [-0.1, -0.05) is 0 Å². The van der Waals surface area contributed by atoms with Crippen LogP contribution in [0.3, 0.4) is 0 Å². The fraction of sp³-hybridized carbons (Fsp3) is 0.222. The molecule has 0 atom stereocenters. The molecule has 0 fully saturated rings. The number of hydrogen-bond acceptors (Lipinski definition) is 6. The van der Waals surface area contributed by atoms with Crippen molar-refractivity contribution in [1.82, 2.24) is 0 Å². The lowest BCUT2D eigenvalue weighted by Gasteiger charge is -2.19. The maximum absolute atomic E-state index is 12.9. The summed E-state index contributed by atoms with van der Waals surface area (Å²) in [5.74, 6) is -1.26. The zero-order valence-electron chi connectivity index (χ0n) is 13.4. The van der Waals surface area contributed by atoms with Crippen molar-refractivity contribution in [2.24, 2.45) is 0 Å². The van der Waals surface area contributed by atoms with Crippen LogP contribution in [0, 0.1) is 0 Å². The van der Waals surface area contributed by atoms with Crippen LogP contribution >= 0.6 is 0 Å². The minimum atomic E-state index is -3.25. The summed E-state index contributed by atoms with van der Waals surface area (Å²) >= 11 is 0. The topological polar surface area (TPSA) is 102 Å². The highest BCUT2D eigenvalue weighted by Crippen LogP contribution is 2.36. The molecule has 3 aliphatic rings. The predicted molar refractivity (Wildman–Crippen MR) is 92.4 cm³/mol. The molecule has 0 N–H and O–H groups in total. The predicted octanol–water partition coefficient (Wildman–Crippen LogP) is 1.32. The van der Waals surface area contributed by atoms with Crippen LogP contribution in [0.1, 0.15) is 54.1 Å². The van der Waals surface area contributed by atoms with Crippen molar-refractivity contribution in [1.29, 1.82) is 0 Å². The normalized spacial score (nSPS) is 21.1. The summed E-state index contributed by atoms with van der Waals surface area (Å²) in [4.78, 5) is 25.8. The van der Waals surface area contributed by atoms with Crippen LogP contribution in [0.15, 0.2) is 24.3 Å². The average molecular weight is 388 g/mol. The molecule has 8 heteroatoms. The van der Waals surface area contributed by atoms with Crippen molar-refractivity contribution in [2.45, 2.75) is 23.0 Å². The molecule has 0 spiro atoms. The van der Waals surface area contributed by atoms with E-state index in [2.05, 4.69) is 0 Å². The maximum Gasteiger partial charge on any atom is 0.194 e. The second-order valence-electron chi connectivity index (χ2n) is 7.06. The summed E-state index contributed by atoms with van der Waals surface area (Å²) in [6.07, 6.45) is 0. The van der Waals surface area contributed by atoms with Gasteiger partial charge in [0.25, 0.3) is 0 Å². The summed E-state index contributed by atoms with van der Waals surface area (Å²) in [7, 11) is -6.50. The van der Waals surface area contributed by atoms with Gasteiger partial charge in [0.2, 0.25) is 0 Å². The van der Waals surface area contributed by atoms with Crippen LogP contribution in [0.25, 0.3) is 0 Å². The third kappa shape index (κ3) is 2.15. The molecule has 0 radical (unpaired) electrons. The molecule has 5 rings (SSSR count). The van der Waals surface area contributed by atoms with E-state index in [1.54, 1.807) is 0 Å².